The molecule has 0 atom stereocenters. The van der Waals surface area contributed by atoms with Gasteiger partial charge in [-0.05, 0) is 24.3 Å². The molecule has 3 N–H and O–H groups in total. The van der Waals surface area contributed by atoms with Crippen molar-refractivity contribution < 1.29 is 14.4 Å². The highest BCUT2D eigenvalue weighted by Gasteiger charge is 2.25. The molecule has 4 heteroatoms. The summed E-state index contributed by atoms with van der Waals surface area (Å²) in [6.45, 7) is 2.95. The van der Waals surface area contributed by atoms with Crippen molar-refractivity contribution in [3.05, 3.63) is 60.2 Å². The van der Waals surface area contributed by atoms with Crippen molar-refractivity contribution in [2.24, 2.45) is 11.7 Å². The SMILES string of the molecule is NC(=O)C1CC[NH+](Cc2cccc(Oc3ccccc3)c2)CC1. The molecule has 2 aromatic carbocycles. The molecule has 0 unspecified atom stereocenters. The second-order valence-electron chi connectivity index (χ2n) is 6.17. The standard InChI is InChI=1S/C19H22N2O2/c20-19(22)16-9-11-21(12-10-16)14-15-5-4-8-18(13-15)23-17-6-2-1-3-7-17/h1-8,13,16H,9-12,14H2,(H2,20,22)/p+1. The maximum Gasteiger partial charge on any atom is 0.220 e. The third kappa shape index (κ3) is 4.33. The van der Waals surface area contributed by atoms with Crippen LogP contribution in [0.5, 0.6) is 11.5 Å². The molecule has 1 saturated heterocycles. The lowest BCUT2D eigenvalue weighted by molar-refractivity contribution is -0.919. The Labute approximate surface area is 136 Å². The molecule has 1 fully saturated rings. The molecular weight excluding hydrogens is 288 g/mol. The van der Waals surface area contributed by atoms with Crippen LogP contribution in [0.25, 0.3) is 0 Å². The monoisotopic (exact) mass is 311 g/mol. The molecule has 3 rings (SSSR count). The summed E-state index contributed by atoms with van der Waals surface area (Å²) in [5, 5.41) is 0. The number of hydrogen-bond acceptors (Lipinski definition) is 2. The molecule has 0 saturated carbocycles. The number of nitrogens with two attached hydrogens (primary N) is 1. The first kappa shape index (κ1) is 15.6. The Balaban J connectivity index is 1.59. The van der Waals surface area contributed by atoms with Crippen LogP contribution in [0.2, 0.25) is 0 Å². The second-order valence-corrected chi connectivity index (χ2v) is 6.17. The number of hydrogen-bond donors (Lipinski definition) is 2. The van der Waals surface area contributed by atoms with E-state index in [4.69, 9.17) is 10.5 Å². The van der Waals surface area contributed by atoms with Gasteiger partial charge in [-0.3, -0.25) is 4.79 Å². The lowest BCUT2D eigenvalue weighted by Crippen LogP contribution is -3.11. The summed E-state index contributed by atoms with van der Waals surface area (Å²) < 4.78 is 5.89. The fourth-order valence-corrected chi connectivity index (χ4v) is 3.12. The number of piperidine rings is 1. The van der Waals surface area contributed by atoms with Crippen LogP contribution in [0.3, 0.4) is 0 Å². The van der Waals surface area contributed by atoms with Crippen molar-refractivity contribution >= 4 is 5.91 Å². The molecule has 0 bridgehead atoms. The Bertz CT molecular complexity index is 649. The van der Waals surface area contributed by atoms with E-state index >= 15 is 0 Å². The molecule has 1 aliphatic rings. The number of nitrogens with one attached hydrogen (secondary N) is 1. The molecule has 0 aliphatic carbocycles. The lowest BCUT2D eigenvalue weighted by Gasteiger charge is -2.27. The van der Waals surface area contributed by atoms with Gasteiger partial charge < -0.3 is 15.4 Å². The largest absolute Gasteiger partial charge is 0.457 e. The molecule has 0 radical (unpaired) electrons. The zero-order valence-corrected chi connectivity index (χ0v) is 13.2. The number of likely N-dealkylation sites (tertiary alicyclic amines) is 1. The van der Waals surface area contributed by atoms with Crippen LogP contribution in [0.4, 0.5) is 0 Å². The summed E-state index contributed by atoms with van der Waals surface area (Å²) in [4.78, 5) is 12.7. The average Bonchev–Trinajstić information content (AvgIpc) is 2.57. The first-order valence-corrected chi connectivity index (χ1v) is 8.15. The molecule has 0 aromatic heterocycles. The summed E-state index contributed by atoms with van der Waals surface area (Å²) in [6, 6.07) is 18.0. The lowest BCUT2D eigenvalue weighted by atomic mass is 9.96. The predicted molar refractivity (Wildman–Crippen MR) is 89.3 cm³/mol. The number of para-hydroxylation sites is 1. The van der Waals surface area contributed by atoms with Crippen LogP contribution in [-0.4, -0.2) is 19.0 Å². The summed E-state index contributed by atoms with van der Waals surface area (Å²) >= 11 is 0. The Morgan fingerprint density at radius 3 is 2.43 bits per heavy atom. The molecule has 4 nitrogen and oxygen atoms in total. The highest BCUT2D eigenvalue weighted by Crippen LogP contribution is 2.21. The number of amides is 1. The third-order valence-electron chi connectivity index (χ3n) is 4.43. The van der Waals surface area contributed by atoms with Gasteiger partial charge in [-0.1, -0.05) is 30.3 Å². The number of rotatable bonds is 5. The Morgan fingerprint density at radius 1 is 1.04 bits per heavy atom. The van der Waals surface area contributed by atoms with Crippen LogP contribution in [0.15, 0.2) is 54.6 Å². The minimum Gasteiger partial charge on any atom is -0.457 e. The van der Waals surface area contributed by atoms with Crippen LogP contribution >= 0.6 is 0 Å². The summed E-state index contributed by atoms with van der Waals surface area (Å²) in [5.41, 5.74) is 6.65. The summed E-state index contributed by atoms with van der Waals surface area (Å²) in [6.07, 6.45) is 1.79. The summed E-state index contributed by atoms with van der Waals surface area (Å²) in [5.74, 6) is 1.62. The van der Waals surface area contributed by atoms with E-state index in [2.05, 4.69) is 12.1 Å². The normalized spacial score (nSPS) is 20.9. The number of primary amides is 1. The first-order chi connectivity index (χ1) is 11.2. The van der Waals surface area contributed by atoms with Crippen molar-refractivity contribution in [1.82, 2.24) is 0 Å². The van der Waals surface area contributed by atoms with Crippen molar-refractivity contribution in [3.8, 4) is 11.5 Å². The van der Waals surface area contributed by atoms with Crippen LogP contribution in [-0.2, 0) is 11.3 Å². The Kier molecular flexibility index (Phi) is 4.93. The van der Waals surface area contributed by atoms with Gasteiger partial charge in [0.15, 0.2) is 0 Å². The van der Waals surface area contributed by atoms with Crippen LogP contribution in [0.1, 0.15) is 18.4 Å². The molecule has 1 aliphatic heterocycles. The van der Waals surface area contributed by atoms with Crippen molar-refractivity contribution in [1.29, 1.82) is 0 Å². The fourth-order valence-electron chi connectivity index (χ4n) is 3.12. The van der Waals surface area contributed by atoms with Gasteiger partial charge in [0.1, 0.15) is 18.0 Å². The number of carbonyl (C=O) groups excluding carboxylic acids is 1. The van der Waals surface area contributed by atoms with E-state index in [-0.39, 0.29) is 11.8 Å². The maximum atomic E-state index is 11.2. The number of quaternary nitrogens is 1. The highest BCUT2D eigenvalue weighted by atomic mass is 16.5. The van der Waals surface area contributed by atoms with Gasteiger partial charge in [0.25, 0.3) is 0 Å². The van der Waals surface area contributed by atoms with Gasteiger partial charge in [-0.25, -0.2) is 0 Å². The molecular formula is C19H23N2O2+. The van der Waals surface area contributed by atoms with Gasteiger partial charge in [0.05, 0.1) is 13.1 Å². The van der Waals surface area contributed by atoms with Crippen molar-refractivity contribution in [2.75, 3.05) is 13.1 Å². The van der Waals surface area contributed by atoms with E-state index in [1.54, 1.807) is 0 Å². The minimum absolute atomic E-state index is 0.0616. The van der Waals surface area contributed by atoms with E-state index in [0.29, 0.717) is 0 Å². The van der Waals surface area contributed by atoms with Crippen LogP contribution < -0.4 is 15.4 Å². The third-order valence-corrected chi connectivity index (χ3v) is 4.43. The summed E-state index contributed by atoms with van der Waals surface area (Å²) in [7, 11) is 0. The zero-order valence-electron chi connectivity index (χ0n) is 13.2. The molecule has 0 spiro atoms. The number of benzene rings is 2. The average molecular weight is 311 g/mol. The molecule has 23 heavy (non-hydrogen) atoms. The number of carbonyl (C=O) groups is 1. The van der Waals surface area contributed by atoms with Crippen LogP contribution in [0, 0.1) is 5.92 Å². The first-order valence-electron chi connectivity index (χ1n) is 8.15. The molecule has 2 aromatic rings. The van der Waals surface area contributed by atoms with E-state index < -0.39 is 0 Å². The maximum absolute atomic E-state index is 11.2. The fraction of sp³-hybridized carbons (Fsp3) is 0.316. The van der Waals surface area contributed by atoms with Crippen molar-refractivity contribution in [3.63, 3.8) is 0 Å². The highest BCUT2D eigenvalue weighted by molar-refractivity contribution is 5.76. The van der Waals surface area contributed by atoms with Gasteiger partial charge in [-0.15, -0.1) is 0 Å². The molecule has 1 heterocycles. The Morgan fingerprint density at radius 2 is 1.74 bits per heavy atom. The van der Waals surface area contributed by atoms with E-state index in [1.807, 2.05) is 42.5 Å². The predicted octanol–water partition coefficient (Wildman–Crippen LogP) is 1.76. The van der Waals surface area contributed by atoms with Gasteiger partial charge >= 0.3 is 0 Å². The van der Waals surface area contributed by atoms with Gasteiger partial charge in [0.2, 0.25) is 5.91 Å². The van der Waals surface area contributed by atoms with E-state index in [9.17, 15) is 4.79 Å². The smallest absolute Gasteiger partial charge is 0.220 e. The van der Waals surface area contributed by atoms with Crippen molar-refractivity contribution in [2.45, 2.75) is 19.4 Å². The number of ether oxygens (including phenoxy) is 1. The quantitative estimate of drug-likeness (QED) is 0.884. The second kappa shape index (κ2) is 7.29. The Hall–Kier alpha value is -2.33. The van der Waals surface area contributed by atoms with E-state index in [0.717, 1.165) is 44.0 Å². The zero-order chi connectivity index (χ0) is 16.1. The topological polar surface area (TPSA) is 56.8 Å². The molecule has 1 amide bonds. The minimum atomic E-state index is -0.151. The van der Waals surface area contributed by atoms with Gasteiger partial charge in [-0.2, -0.15) is 0 Å². The van der Waals surface area contributed by atoms with E-state index in [1.165, 1.54) is 10.5 Å². The molecule has 120 valence electrons. The van der Waals surface area contributed by atoms with Gasteiger partial charge in [0, 0.05) is 24.3 Å².